The molecule has 0 bridgehead atoms. The van der Waals surface area contributed by atoms with E-state index in [2.05, 4.69) is 38.1 Å². The summed E-state index contributed by atoms with van der Waals surface area (Å²) in [5, 5.41) is 3.45. The van der Waals surface area contributed by atoms with E-state index in [1.165, 1.54) is 12.8 Å². The Hall–Kier alpha value is -2.30. The molecule has 4 rings (SSSR count). The minimum absolute atomic E-state index is 0. The van der Waals surface area contributed by atoms with E-state index in [0.29, 0.717) is 12.6 Å². The Labute approximate surface area is 213 Å². The summed E-state index contributed by atoms with van der Waals surface area (Å²) in [7, 11) is 1.69. The number of ether oxygens (including phenoxy) is 2. The number of guanidine groups is 1. The summed E-state index contributed by atoms with van der Waals surface area (Å²) in [6, 6.07) is 7.90. The second-order valence-electron chi connectivity index (χ2n) is 8.19. The number of nitrogens with one attached hydrogen (secondary N) is 1. The zero-order valence-electron chi connectivity index (χ0n) is 19.6. The Morgan fingerprint density at radius 3 is 2.52 bits per heavy atom. The minimum Gasteiger partial charge on any atom is -0.497 e. The number of rotatable bonds is 7. The summed E-state index contributed by atoms with van der Waals surface area (Å²) >= 11 is 0. The molecule has 1 aliphatic carbocycles. The third-order valence-electron chi connectivity index (χ3n) is 6.02. The third kappa shape index (κ3) is 6.84. The number of hydrogen-bond acceptors (Lipinski definition) is 6. The lowest BCUT2D eigenvalue weighted by molar-refractivity contribution is 0.207. The number of benzene rings is 1. The van der Waals surface area contributed by atoms with Crippen molar-refractivity contribution in [2.45, 2.75) is 45.3 Å². The summed E-state index contributed by atoms with van der Waals surface area (Å²) < 4.78 is 11.8. The van der Waals surface area contributed by atoms with Crippen molar-refractivity contribution in [3.05, 3.63) is 42.2 Å². The highest BCUT2D eigenvalue weighted by Gasteiger charge is 2.22. The quantitative estimate of drug-likeness (QED) is 0.311. The largest absolute Gasteiger partial charge is 0.497 e. The molecule has 180 valence electrons. The molecule has 1 saturated carbocycles. The second kappa shape index (κ2) is 12.8. The Morgan fingerprint density at radius 1 is 1.12 bits per heavy atom. The van der Waals surface area contributed by atoms with Crippen molar-refractivity contribution in [2.75, 3.05) is 44.7 Å². The molecule has 2 aromatic rings. The first-order valence-corrected chi connectivity index (χ1v) is 11.7. The van der Waals surface area contributed by atoms with Crippen LogP contribution >= 0.6 is 24.0 Å². The number of piperazine rings is 1. The van der Waals surface area contributed by atoms with Crippen molar-refractivity contribution in [3.8, 4) is 11.5 Å². The predicted molar refractivity (Wildman–Crippen MR) is 142 cm³/mol. The maximum Gasteiger partial charge on any atom is 0.225 e. The highest BCUT2D eigenvalue weighted by Crippen LogP contribution is 2.30. The smallest absolute Gasteiger partial charge is 0.225 e. The van der Waals surface area contributed by atoms with E-state index in [1.54, 1.807) is 19.5 Å². The van der Waals surface area contributed by atoms with Crippen LogP contribution in [0.1, 0.15) is 38.2 Å². The topological polar surface area (TPSA) is 75.1 Å². The van der Waals surface area contributed by atoms with Gasteiger partial charge in [-0.15, -0.1) is 24.0 Å². The molecule has 1 saturated heterocycles. The summed E-state index contributed by atoms with van der Waals surface area (Å²) in [6.45, 7) is 6.98. The van der Waals surface area contributed by atoms with E-state index in [9.17, 15) is 0 Å². The van der Waals surface area contributed by atoms with Crippen LogP contribution in [-0.4, -0.2) is 66.8 Å². The van der Waals surface area contributed by atoms with Gasteiger partial charge in [0.05, 0.1) is 19.8 Å². The second-order valence-corrected chi connectivity index (χ2v) is 8.19. The van der Waals surface area contributed by atoms with Gasteiger partial charge in [-0.05, 0) is 50.8 Å². The van der Waals surface area contributed by atoms with Gasteiger partial charge in [0.2, 0.25) is 5.95 Å². The van der Waals surface area contributed by atoms with Crippen LogP contribution in [0.3, 0.4) is 0 Å². The number of aliphatic imine (C=N–C) groups is 1. The van der Waals surface area contributed by atoms with Crippen LogP contribution in [0.25, 0.3) is 0 Å². The van der Waals surface area contributed by atoms with Crippen LogP contribution in [0.15, 0.2) is 41.7 Å². The molecule has 1 aromatic carbocycles. The van der Waals surface area contributed by atoms with Gasteiger partial charge >= 0.3 is 0 Å². The molecular formula is C24H35IN6O2. The van der Waals surface area contributed by atoms with Gasteiger partial charge in [0.25, 0.3) is 0 Å². The molecule has 2 aliphatic rings. The molecular weight excluding hydrogens is 531 g/mol. The molecule has 0 amide bonds. The summed E-state index contributed by atoms with van der Waals surface area (Å²) in [4.78, 5) is 18.2. The summed E-state index contributed by atoms with van der Waals surface area (Å²) in [5.41, 5.74) is 1.09. The van der Waals surface area contributed by atoms with E-state index < -0.39 is 0 Å². The first-order valence-electron chi connectivity index (χ1n) is 11.7. The molecule has 2 fully saturated rings. The van der Waals surface area contributed by atoms with Crippen molar-refractivity contribution < 1.29 is 9.47 Å². The Bertz CT molecular complexity index is 884. The fourth-order valence-electron chi connectivity index (χ4n) is 4.25. The molecule has 2 heterocycles. The number of methoxy groups -OCH3 is 1. The summed E-state index contributed by atoms with van der Waals surface area (Å²) in [5.74, 6) is 3.43. The normalized spacial score (nSPS) is 17.0. The molecule has 1 aromatic heterocycles. The molecule has 1 aliphatic heterocycles. The number of nitrogens with zero attached hydrogens (tertiary/aromatic N) is 5. The Morgan fingerprint density at radius 2 is 1.85 bits per heavy atom. The van der Waals surface area contributed by atoms with Crippen molar-refractivity contribution in [3.63, 3.8) is 0 Å². The van der Waals surface area contributed by atoms with Crippen molar-refractivity contribution in [1.82, 2.24) is 20.2 Å². The van der Waals surface area contributed by atoms with Crippen molar-refractivity contribution in [2.24, 2.45) is 4.99 Å². The highest BCUT2D eigenvalue weighted by atomic mass is 127. The van der Waals surface area contributed by atoms with E-state index in [0.717, 1.165) is 74.5 Å². The van der Waals surface area contributed by atoms with Crippen LogP contribution in [-0.2, 0) is 6.54 Å². The zero-order chi connectivity index (χ0) is 22.2. The molecule has 0 spiro atoms. The van der Waals surface area contributed by atoms with E-state index in [4.69, 9.17) is 14.5 Å². The highest BCUT2D eigenvalue weighted by molar-refractivity contribution is 14.0. The van der Waals surface area contributed by atoms with Crippen molar-refractivity contribution >= 4 is 35.9 Å². The van der Waals surface area contributed by atoms with Gasteiger partial charge in [0.15, 0.2) is 5.96 Å². The standard InChI is InChI=1S/C24H34N6O2.HI/c1-3-25-23(29-13-15-30(16-14-29)24-26-11-6-12-27-24)28-18-19-9-10-21(31-2)17-22(19)32-20-7-4-5-8-20;/h6,9-12,17,20H,3-5,7-8,13-16,18H2,1-2H3,(H,25,28);1H. The lowest BCUT2D eigenvalue weighted by Gasteiger charge is -2.36. The Balaban J connectivity index is 0.00000306. The number of halogens is 1. The van der Waals surface area contributed by atoms with Crippen molar-refractivity contribution in [1.29, 1.82) is 0 Å². The first-order chi connectivity index (χ1) is 15.8. The van der Waals surface area contributed by atoms with Gasteiger partial charge in [0.1, 0.15) is 11.5 Å². The van der Waals surface area contributed by atoms with E-state index >= 15 is 0 Å². The van der Waals surface area contributed by atoms with Gasteiger partial charge in [-0.2, -0.15) is 0 Å². The molecule has 0 unspecified atom stereocenters. The monoisotopic (exact) mass is 566 g/mol. The molecule has 33 heavy (non-hydrogen) atoms. The third-order valence-corrected chi connectivity index (χ3v) is 6.02. The van der Waals surface area contributed by atoms with Crippen LogP contribution in [0.2, 0.25) is 0 Å². The average molecular weight is 566 g/mol. The molecule has 0 radical (unpaired) electrons. The maximum absolute atomic E-state index is 6.35. The molecule has 9 heteroatoms. The van der Waals surface area contributed by atoms with Gasteiger partial charge in [0, 0.05) is 56.7 Å². The van der Waals surface area contributed by atoms with Gasteiger partial charge in [-0.25, -0.2) is 15.0 Å². The fraction of sp³-hybridized carbons (Fsp3) is 0.542. The molecule has 0 atom stereocenters. The van der Waals surface area contributed by atoms with Crippen LogP contribution in [0.5, 0.6) is 11.5 Å². The number of hydrogen-bond donors (Lipinski definition) is 1. The van der Waals surface area contributed by atoms with E-state index in [1.807, 2.05) is 18.2 Å². The van der Waals surface area contributed by atoms with Crippen LogP contribution in [0, 0.1) is 0 Å². The number of aromatic nitrogens is 2. The lowest BCUT2D eigenvalue weighted by atomic mass is 10.2. The average Bonchev–Trinajstić information content (AvgIpc) is 3.36. The fourth-order valence-corrected chi connectivity index (χ4v) is 4.25. The lowest BCUT2D eigenvalue weighted by Crippen LogP contribution is -2.53. The maximum atomic E-state index is 6.35. The molecule has 1 N–H and O–H groups in total. The molecule has 8 nitrogen and oxygen atoms in total. The predicted octanol–water partition coefficient (Wildman–Crippen LogP) is 3.71. The van der Waals surface area contributed by atoms with Crippen LogP contribution < -0.4 is 19.7 Å². The van der Waals surface area contributed by atoms with Crippen LogP contribution in [0.4, 0.5) is 5.95 Å². The zero-order valence-corrected chi connectivity index (χ0v) is 21.9. The van der Waals surface area contributed by atoms with Gasteiger partial charge in [-0.1, -0.05) is 0 Å². The Kier molecular flexibility index (Phi) is 9.83. The number of anilines is 1. The minimum atomic E-state index is 0. The summed E-state index contributed by atoms with van der Waals surface area (Å²) in [6.07, 6.45) is 8.61. The van der Waals surface area contributed by atoms with Gasteiger partial charge < -0.3 is 24.6 Å². The van der Waals surface area contributed by atoms with Gasteiger partial charge in [-0.3, -0.25) is 0 Å². The SMILES string of the molecule is CCNC(=NCc1ccc(OC)cc1OC1CCCC1)N1CCN(c2ncccn2)CC1.I. The van der Waals surface area contributed by atoms with E-state index in [-0.39, 0.29) is 24.0 Å². The first kappa shape index (κ1) is 25.3.